The van der Waals surface area contributed by atoms with E-state index in [2.05, 4.69) is 9.72 Å². The van der Waals surface area contributed by atoms with E-state index in [4.69, 9.17) is 10.5 Å². The summed E-state index contributed by atoms with van der Waals surface area (Å²) in [6, 6.07) is 8.95. The first kappa shape index (κ1) is 14.2. The predicted octanol–water partition coefficient (Wildman–Crippen LogP) is 2.96. The van der Waals surface area contributed by atoms with Crippen molar-refractivity contribution in [2.45, 2.75) is 4.90 Å². The summed E-state index contributed by atoms with van der Waals surface area (Å²) in [4.78, 5) is 16.8. The molecule has 6 heteroatoms. The molecule has 0 unspecified atom stereocenters. The first-order valence-electron chi connectivity index (χ1n) is 5.79. The molecule has 1 aromatic heterocycles. The summed E-state index contributed by atoms with van der Waals surface area (Å²) in [7, 11) is 1.29. The average molecular weight is 290 g/mol. The first-order valence-corrected chi connectivity index (χ1v) is 7.02. The lowest BCUT2D eigenvalue weighted by Gasteiger charge is -2.09. The van der Waals surface area contributed by atoms with Gasteiger partial charge in [0.25, 0.3) is 0 Å². The molecule has 0 atom stereocenters. The van der Waals surface area contributed by atoms with Gasteiger partial charge in [0.2, 0.25) is 5.88 Å². The normalized spacial score (nSPS) is 10.1. The fourth-order valence-corrected chi connectivity index (χ4v) is 1.97. The minimum Gasteiger partial charge on any atom is -0.465 e. The lowest BCUT2D eigenvalue weighted by atomic mass is 10.2. The number of carbonyl (C=O) groups is 1. The van der Waals surface area contributed by atoms with Crippen molar-refractivity contribution in [3.63, 3.8) is 0 Å². The van der Waals surface area contributed by atoms with Crippen LogP contribution in [0.1, 0.15) is 10.4 Å². The molecule has 2 rings (SSSR count). The zero-order valence-corrected chi connectivity index (χ0v) is 11.9. The van der Waals surface area contributed by atoms with E-state index in [1.54, 1.807) is 11.8 Å². The van der Waals surface area contributed by atoms with Crippen LogP contribution in [-0.2, 0) is 4.74 Å². The number of rotatable bonds is 4. The molecule has 2 aromatic rings. The second kappa shape index (κ2) is 6.29. The SMILES string of the molecule is COC(=O)c1cc(N)cnc1Oc1ccc(SC)cc1. The van der Waals surface area contributed by atoms with Crippen molar-refractivity contribution in [2.24, 2.45) is 0 Å². The number of aromatic nitrogens is 1. The molecule has 0 aliphatic carbocycles. The molecular formula is C14H14N2O3S. The number of hydrogen-bond acceptors (Lipinski definition) is 6. The van der Waals surface area contributed by atoms with Crippen molar-refractivity contribution >= 4 is 23.4 Å². The highest BCUT2D eigenvalue weighted by Gasteiger charge is 2.15. The highest BCUT2D eigenvalue weighted by molar-refractivity contribution is 7.98. The van der Waals surface area contributed by atoms with E-state index >= 15 is 0 Å². The van der Waals surface area contributed by atoms with Gasteiger partial charge in [-0.05, 0) is 36.6 Å². The molecule has 0 spiro atoms. The Hall–Kier alpha value is -2.21. The largest absolute Gasteiger partial charge is 0.465 e. The molecule has 0 saturated carbocycles. The molecule has 2 N–H and O–H groups in total. The number of pyridine rings is 1. The van der Waals surface area contributed by atoms with E-state index in [-0.39, 0.29) is 11.4 Å². The van der Waals surface area contributed by atoms with E-state index in [0.29, 0.717) is 11.4 Å². The second-order valence-electron chi connectivity index (χ2n) is 3.89. The highest BCUT2D eigenvalue weighted by atomic mass is 32.2. The Morgan fingerprint density at radius 2 is 2.00 bits per heavy atom. The third kappa shape index (κ3) is 3.21. The maximum absolute atomic E-state index is 11.7. The van der Waals surface area contributed by atoms with Crippen molar-refractivity contribution < 1.29 is 14.3 Å². The molecule has 0 amide bonds. The van der Waals surface area contributed by atoms with E-state index in [1.165, 1.54) is 19.4 Å². The fraction of sp³-hybridized carbons (Fsp3) is 0.143. The van der Waals surface area contributed by atoms with Gasteiger partial charge < -0.3 is 15.2 Å². The summed E-state index contributed by atoms with van der Waals surface area (Å²) in [6.45, 7) is 0. The van der Waals surface area contributed by atoms with Gasteiger partial charge in [0.1, 0.15) is 11.3 Å². The maximum atomic E-state index is 11.7. The number of carbonyl (C=O) groups excluding carboxylic acids is 1. The van der Waals surface area contributed by atoms with Gasteiger partial charge in [0.05, 0.1) is 19.0 Å². The van der Waals surface area contributed by atoms with E-state index in [0.717, 1.165) is 4.90 Å². The molecule has 0 fully saturated rings. The van der Waals surface area contributed by atoms with Crippen LogP contribution in [0.3, 0.4) is 0 Å². The number of thioether (sulfide) groups is 1. The standard InChI is InChI=1S/C14H14N2O3S/c1-18-14(17)12-7-9(15)8-16-13(12)19-10-3-5-11(20-2)6-4-10/h3-8H,15H2,1-2H3. The Bertz CT molecular complexity index is 614. The molecule has 20 heavy (non-hydrogen) atoms. The van der Waals surface area contributed by atoms with Gasteiger partial charge in [-0.1, -0.05) is 0 Å². The van der Waals surface area contributed by atoms with Gasteiger partial charge in [-0.25, -0.2) is 9.78 Å². The Morgan fingerprint density at radius 1 is 1.30 bits per heavy atom. The number of nitrogens with zero attached hydrogens (tertiary/aromatic N) is 1. The number of benzene rings is 1. The number of hydrogen-bond donors (Lipinski definition) is 1. The summed E-state index contributed by atoms with van der Waals surface area (Å²) in [5, 5.41) is 0. The number of nitrogens with two attached hydrogens (primary N) is 1. The molecule has 1 aromatic carbocycles. The second-order valence-corrected chi connectivity index (χ2v) is 4.77. The summed E-state index contributed by atoms with van der Waals surface area (Å²) in [5.74, 6) is 0.216. The summed E-state index contributed by atoms with van der Waals surface area (Å²) in [5.41, 5.74) is 6.19. The Balaban J connectivity index is 2.30. The Labute approximate surface area is 121 Å². The van der Waals surface area contributed by atoms with Gasteiger partial charge in [-0.3, -0.25) is 0 Å². The number of anilines is 1. The van der Waals surface area contributed by atoms with E-state index < -0.39 is 5.97 Å². The van der Waals surface area contributed by atoms with Gasteiger partial charge >= 0.3 is 5.97 Å². The highest BCUT2D eigenvalue weighted by Crippen LogP contribution is 2.26. The Morgan fingerprint density at radius 3 is 2.60 bits per heavy atom. The van der Waals surface area contributed by atoms with Crippen LogP contribution >= 0.6 is 11.8 Å². The summed E-state index contributed by atoms with van der Waals surface area (Å²) < 4.78 is 10.3. The molecule has 0 radical (unpaired) electrons. The van der Waals surface area contributed by atoms with Crippen LogP contribution < -0.4 is 10.5 Å². The molecule has 1 heterocycles. The zero-order chi connectivity index (χ0) is 14.5. The van der Waals surface area contributed by atoms with Gasteiger partial charge in [0, 0.05) is 4.90 Å². The van der Waals surface area contributed by atoms with Gasteiger partial charge in [-0.15, -0.1) is 11.8 Å². The number of nitrogen functional groups attached to an aromatic ring is 1. The van der Waals surface area contributed by atoms with Crippen LogP contribution in [0.25, 0.3) is 0 Å². The average Bonchev–Trinajstić information content (AvgIpc) is 2.49. The lowest BCUT2D eigenvalue weighted by Crippen LogP contribution is -2.06. The van der Waals surface area contributed by atoms with Crippen LogP contribution in [0.4, 0.5) is 5.69 Å². The fourth-order valence-electron chi connectivity index (χ4n) is 1.56. The zero-order valence-electron chi connectivity index (χ0n) is 11.1. The summed E-state index contributed by atoms with van der Waals surface area (Å²) in [6.07, 6.45) is 3.42. The van der Waals surface area contributed by atoms with Crippen molar-refractivity contribution in [3.05, 3.63) is 42.1 Å². The molecule has 0 bridgehead atoms. The molecular weight excluding hydrogens is 276 g/mol. The van der Waals surface area contributed by atoms with Crippen LogP contribution in [0.5, 0.6) is 11.6 Å². The minimum absolute atomic E-state index is 0.169. The minimum atomic E-state index is -0.541. The number of methoxy groups -OCH3 is 1. The quantitative estimate of drug-likeness (QED) is 0.689. The smallest absolute Gasteiger partial charge is 0.343 e. The monoisotopic (exact) mass is 290 g/mol. The lowest BCUT2D eigenvalue weighted by molar-refractivity contribution is 0.0597. The van der Waals surface area contributed by atoms with Crippen molar-refractivity contribution in [1.29, 1.82) is 0 Å². The van der Waals surface area contributed by atoms with E-state index in [9.17, 15) is 4.79 Å². The third-order valence-electron chi connectivity index (χ3n) is 2.55. The van der Waals surface area contributed by atoms with Crippen molar-refractivity contribution in [3.8, 4) is 11.6 Å². The van der Waals surface area contributed by atoms with Crippen molar-refractivity contribution in [1.82, 2.24) is 4.98 Å². The number of esters is 1. The molecule has 0 saturated heterocycles. The van der Waals surface area contributed by atoms with Gasteiger partial charge in [-0.2, -0.15) is 0 Å². The Kier molecular flexibility index (Phi) is 4.47. The molecule has 0 aliphatic heterocycles. The first-order chi connectivity index (χ1) is 9.63. The van der Waals surface area contributed by atoms with Crippen molar-refractivity contribution in [2.75, 3.05) is 19.1 Å². The molecule has 104 valence electrons. The van der Waals surface area contributed by atoms with Crippen LogP contribution in [-0.4, -0.2) is 24.3 Å². The predicted molar refractivity (Wildman–Crippen MR) is 78.3 cm³/mol. The number of ether oxygens (including phenoxy) is 2. The van der Waals surface area contributed by atoms with Crippen LogP contribution in [0, 0.1) is 0 Å². The topological polar surface area (TPSA) is 74.4 Å². The summed E-state index contributed by atoms with van der Waals surface area (Å²) >= 11 is 1.64. The van der Waals surface area contributed by atoms with Gasteiger partial charge in [0.15, 0.2) is 0 Å². The van der Waals surface area contributed by atoms with Crippen LogP contribution in [0.2, 0.25) is 0 Å². The van der Waals surface area contributed by atoms with Crippen LogP contribution in [0.15, 0.2) is 41.4 Å². The third-order valence-corrected chi connectivity index (χ3v) is 3.30. The molecule has 0 aliphatic rings. The maximum Gasteiger partial charge on any atom is 0.343 e. The van der Waals surface area contributed by atoms with E-state index in [1.807, 2.05) is 30.5 Å². The molecule has 5 nitrogen and oxygen atoms in total.